The van der Waals surface area contributed by atoms with E-state index in [2.05, 4.69) is 31.4 Å². The maximum atomic E-state index is 12.2. The Kier molecular flexibility index (Phi) is 5.65. The van der Waals surface area contributed by atoms with Gasteiger partial charge in [0, 0.05) is 15.7 Å². The van der Waals surface area contributed by atoms with E-state index >= 15 is 0 Å². The molecular formula is C17H14BrN3OS2. The Morgan fingerprint density at radius 3 is 2.67 bits per heavy atom. The van der Waals surface area contributed by atoms with Crippen molar-refractivity contribution in [2.75, 3.05) is 11.1 Å². The van der Waals surface area contributed by atoms with Gasteiger partial charge in [0.1, 0.15) is 0 Å². The second-order valence-corrected chi connectivity index (χ2v) is 8.15. The van der Waals surface area contributed by atoms with Gasteiger partial charge in [-0.1, -0.05) is 69.4 Å². The van der Waals surface area contributed by atoms with Gasteiger partial charge in [-0.05, 0) is 30.7 Å². The molecule has 0 saturated heterocycles. The van der Waals surface area contributed by atoms with E-state index < -0.39 is 0 Å². The molecule has 0 fully saturated rings. The van der Waals surface area contributed by atoms with E-state index in [0.717, 1.165) is 25.2 Å². The second-order valence-electron chi connectivity index (χ2n) is 5.03. The van der Waals surface area contributed by atoms with Gasteiger partial charge in [-0.2, -0.15) is 0 Å². The molecule has 122 valence electrons. The van der Waals surface area contributed by atoms with E-state index in [9.17, 15) is 4.79 Å². The summed E-state index contributed by atoms with van der Waals surface area (Å²) < 4.78 is 1.74. The lowest BCUT2D eigenvalue weighted by atomic mass is 10.2. The zero-order valence-corrected chi connectivity index (χ0v) is 16.0. The number of nitrogens with zero attached hydrogens (tertiary/aromatic N) is 2. The van der Waals surface area contributed by atoms with Crippen LogP contribution in [0.1, 0.15) is 15.9 Å². The quantitative estimate of drug-likeness (QED) is 0.432. The summed E-state index contributed by atoms with van der Waals surface area (Å²) >= 11 is 6.22. The van der Waals surface area contributed by atoms with Crippen LogP contribution in [0.15, 0.2) is 57.3 Å². The third-order valence-electron chi connectivity index (χ3n) is 3.29. The standard InChI is InChI=1S/C17H14BrN3OS2/c1-11-4-2-3-5-14(11)19-16-20-21-17(24-16)23-10-15(22)12-6-8-13(18)9-7-12/h2-9H,10H2,1H3,(H,19,20). The van der Waals surface area contributed by atoms with Crippen LogP contribution in [0, 0.1) is 6.92 Å². The van der Waals surface area contributed by atoms with Crippen molar-refractivity contribution in [3.8, 4) is 0 Å². The number of hydrogen-bond donors (Lipinski definition) is 1. The number of Topliss-reactive ketones (excluding diaryl/α,β-unsaturated/α-hetero) is 1. The number of aryl methyl sites for hydroxylation is 1. The number of halogens is 1. The molecular weight excluding hydrogens is 406 g/mol. The lowest BCUT2D eigenvalue weighted by Gasteiger charge is -2.04. The SMILES string of the molecule is Cc1ccccc1Nc1nnc(SCC(=O)c2ccc(Br)cc2)s1. The molecule has 0 unspecified atom stereocenters. The van der Waals surface area contributed by atoms with Crippen LogP contribution in [-0.2, 0) is 0 Å². The predicted octanol–water partition coefficient (Wildman–Crippen LogP) is 5.33. The van der Waals surface area contributed by atoms with Crippen molar-refractivity contribution in [2.45, 2.75) is 11.3 Å². The number of hydrogen-bond acceptors (Lipinski definition) is 6. The number of thioether (sulfide) groups is 1. The topological polar surface area (TPSA) is 54.9 Å². The average molecular weight is 420 g/mol. The summed E-state index contributed by atoms with van der Waals surface area (Å²) in [7, 11) is 0. The van der Waals surface area contributed by atoms with E-state index in [1.807, 2.05) is 55.5 Å². The van der Waals surface area contributed by atoms with E-state index in [0.29, 0.717) is 11.3 Å². The number of ketones is 1. The minimum absolute atomic E-state index is 0.0797. The van der Waals surface area contributed by atoms with E-state index in [-0.39, 0.29) is 5.78 Å². The first kappa shape index (κ1) is 17.1. The zero-order chi connectivity index (χ0) is 16.9. The van der Waals surface area contributed by atoms with E-state index in [1.54, 1.807) is 0 Å². The molecule has 1 heterocycles. The molecule has 3 rings (SSSR count). The number of benzene rings is 2. The number of rotatable bonds is 6. The van der Waals surface area contributed by atoms with Crippen LogP contribution in [0.5, 0.6) is 0 Å². The maximum absolute atomic E-state index is 12.2. The first-order valence-corrected chi connectivity index (χ1v) is 9.79. The van der Waals surface area contributed by atoms with Gasteiger partial charge in [0.15, 0.2) is 10.1 Å². The fourth-order valence-electron chi connectivity index (χ4n) is 1.99. The summed E-state index contributed by atoms with van der Waals surface area (Å²) in [4.78, 5) is 12.2. The second kappa shape index (κ2) is 7.92. The lowest BCUT2D eigenvalue weighted by Crippen LogP contribution is -2.01. The number of aromatic nitrogens is 2. The zero-order valence-electron chi connectivity index (χ0n) is 12.8. The highest BCUT2D eigenvalue weighted by atomic mass is 79.9. The van der Waals surface area contributed by atoms with Crippen LogP contribution >= 0.6 is 39.0 Å². The Morgan fingerprint density at radius 2 is 1.92 bits per heavy atom. The summed E-state index contributed by atoms with van der Waals surface area (Å²) in [6.45, 7) is 2.04. The molecule has 1 aromatic heterocycles. The molecule has 0 aliphatic heterocycles. The minimum atomic E-state index is 0.0797. The van der Waals surface area contributed by atoms with Crippen molar-refractivity contribution >= 4 is 55.6 Å². The highest BCUT2D eigenvalue weighted by molar-refractivity contribution is 9.10. The van der Waals surface area contributed by atoms with Crippen molar-refractivity contribution < 1.29 is 4.79 Å². The molecule has 0 atom stereocenters. The van der Waals surface area contributed by atoms with Crippen molar-refractivity contribution in [3.63, 3.8) is 0 Å². The number of carbonyl (C=O) groups is 1. The smallest absolute Gasteiger partial charge is 0.210 e. The van der Waals surface area contributed by atoms with E-state index in [1.165, 1.54) is 23.1 Å². The van der Waals surface area contributed by atoms with Crippen molar-refractivity contribution in [1.29, 1.82) is 0 Å². The summed E-state index contributed by atoms with van der Waals surface area (Å²) in [5, 5.41) is 12.2. The molecule has 0 aliphatic rings. The molecule has 24 heavy (non-hydrogen) atoms. The lowest BCUT2D eigenvalue weighted by molar-refractivity contribution is 0.102. The van der Waals surface area contributed by atoms with Gasteiger partial charge >= 0.3 is 0 Å². The summed E-state index contributed by atoms with van der Waals surface area (Å²) in [6, 6.07) is 15.4. The van der Waals surface area contributed by atoms with Gasteiger partial charge < -0.3 is 5.32 Å². The van der Waals surface area contributed by atoms with E-state index in [4.69, 9.17) is 0 Å². The largest absolute Gasteiger partial charge is 0.330 e. The van der Waals surface area contributed by atoms with Crippen LogP contribution in [0.2, 0.25) is 0 Å². The molecule has 0 radical (unpaired) electrons. The molecule has 0 aliphatic carbocycles. The van der Waals surface area contributed by atoms with Crippen molar-refractivity contribution in [1.82, 2.24) is 10.2 Å². The van der Waals surface area contributed by atoms with Crippen LogP contribution in [0.3, 0.4) is 0 Å². The molecule has 0 bridgehead atoms. The molecule has 3 aromatic rings. The third-order valence-corrected chi connectivity index (χ3v) is 5.79. The fraction of sp³-hybridized carbons (Fsp3) is 0.118. The minimum Gasteiger partial charge on any atom is -0.330 e. The molecule has 7 heteroatoms. The monoisotopic (exact) mass is 419 g/mol. The van der Waals surface area contributed by atoms with Gasteiger partial charge in [0.2, 0.25) is 5.13 Å². The maximum Gasteiger partial charge on any atom is 0.210 e. The molecule has 4 nitrogen and oxygen atoms in total. The summed E-state index contributed by atoms with van der Waals surface area (Å²) in [6.07, 6.45) is 0. The van der Waals surface area contributed by atoms with Crippen molar-refractivity contribution in [2.24, 2.45) is 0 Å². The fourth-order valence-corrected chi connectivity index (χ4v) is 3.92. The average Bonchev–Trinajstić information content (AvgIpc) is 3.03. The number of carbonyl (C=O) groups excluding carboxylic acids is 1. The highest BCUT2D eigenvalue weighted by Gasteiger charge is 2.10. The van der Waals surface area contributed by atoms with Crippen LogP contribution in [0.4, 0.5) is 10.8 Å². The Labute approximate surface area is 156 Å². The van der Waals surface area contributed by atoms with Gasteiger partial charge in [-0.15, -0.1) is 10.2 Å². The Balaban J connectivity index is 1.59. The predicted molar refractivity (Wildman–Crippen MR) is 104 cm³/mol. The Hall–Kier alpha value is -1.70. The Bertz CT molecular complexity index is 849. The van der Waals surface area contributed by atoms with Crippen LogP contribution in [-0.4, -0.2) is 21.7 Å². The number of nitrogens with one attached hydrogen (secondary N) is 1. The van der Waals surface area contributed by atoms with Gasteiger partial charge in [-0.25, -0.2) is 0 Å². The van der Waals surface area contributed by atoms with Gasteiger partial charge in [0.25, 0.3) is 0 Å². The summed E-state index contributed by atoms with van der Waals surface area (Å²) in [5.74, 6) is 0.428. The number of para-hydroxylation sites is 1. The van der Waals surface area contributed by atoms with Crippen LogP contribution in [0.25, 0.3) is 0 Å². The van der Waals surface area contributed by atoms with Gasteiger partial charge in [-0.3, -0.25) is 4.79 Å². The highest BCUT2D eigenvalue weighted by Crippen LogP contribution is 2.29. The van der Waals surface area contributed by atoms with Crippen LogP contribution < -0.4 is 5.32 Å². The third kappa shape index (κ3) is 4.43. The molecule has 2 aromatic carbocycles. The molecule has 0 spiro atoms. The van der Waals surface area contributed by atoms with Crippen molar-refractivity contribution in [3.05, 3.63) is 64.1 Å². The molecule has 1 N–H and O–H groups in total. The normalized spacial score (nSPS) is 10.6. The number of anilines is 2. The first-order valence-electron chi connectivity index (χ1n) is 7.19. The Morgan fingerprint density at radius 1 is 1.17 bits per heavy atom. The first-order chi connectivity index (χ1) is 11.6. The molecule has 0 amide bonds. The van der Waals surface area contributed by atoms with Gasteiger partial charge in [0.05, 0.1) is 5.75 Å². The molecule has 0 saturated carbocycles. The summed E-state index contributed by atoms with van der Waals surface area (Å²) in [5.41, 5.74) is 2.86.